The number of hydrogen-bond donors (Lipinski definition) is 0. The van der Waals surface area contributed by atoms with Crippen molar-refractivity contribution in [1.82, 2.24) is 4.90 Å². The van der Waals surface area contributed by atoms with Crippen LogP contribution in [0.2, 0.25) is 0 Å². The molecule has 0 aliphatic carbocycles. The minimum absolute atomic E-state index is 0.0390. The number of morpholine rings is 1. The van der Waals surface area contributed by atoms with Crippen LogP contribution in [-0.2, 0) is 19.1 Å². The lowest BCUT2D eigenvalue weighted by Gasteiger charge is -2.31. The van der Waals surface area contributed by atoms with Crippen molar-refractivity contribution >= 4 is 11.9 Å². The van der Waals surface area contributed by atoms with E-state index in [1.807, 2.05) is 6.92 Å². The zero-order chi connectivity index (χ0) is 11.3. The van der Waals surface area contributed by atoms with Gasteiger partial charge in [0.25, 0.3) is 0 Å². The van der Waals surface area contributed by atoms with Gasteiger partial charge in [0.05, 0.1) is 19.3 Å². The summed E-state index contributed by atoms with van der Waals surface area (Å²) in [6, 6.07) is 0. The predicted octanol–water partition coefficient (Wildman–Crippen LogP) is 0.187. The van der Waals surface area contributed by atoms with Gasteiger partial charge in [0.15, 0.2) is 0 Å². The minimum atomic E-state index is -0.769. The Bertz CT molecular complexity index is 242. The summed E-state index contributed by atoms with van der Waals surface area (Å²) in [6.07, 6.45) is 0.879. The van der Waals surface area contributed by atoms with Crippen molar-refractivity contribution in [3.8, 4) is 0 Å². The second-order valence-corrected chi connectivity index (χ2v) is 3.37. The first kappa shape index (κ1) is 12.0. The third-order valence-electron chi connectivity index (χ3n) is 2.33. The Morgan fingerprint density at radius 2 is 2.20 bits per heavy atom. The maximum absolute atomic E-state index is 11.5. The predicted molar refractivity (Wildman–Crippen MR) is 53.2 cm³/mol. The zero-order valence-corrected chi connectivity index (χ0v) is 9.19. The minimum Gasteiger partial charge on any atom is -0.459 e. The van der Waals surface area contributed by atoms with Crippen LogP contribution < -0.4 is 0 Å². The zero-order valence-electron chi connectivity index (χ0n) is 9.19. The molecule has 0 aromatic rings. The molecule has 5 heteroatoms. The summed E-state index contributed by atoms with van der Waals surface area (Å²) in [5.74, 6) is -1.33. The van der Waals surface area contributed by atoms with Crippen LogP contribution in [0.25, 0.3) is 0 Å². The summed E-state index contributed by atoms with van der Waals surface area (Å²) in [5, 5.41) is 0. The van der Waals surface area contributed by atoms with Gasteiger partial charge in [-0.3, -0.25) is 4.79 Å². The molecule has 1 rings (SSSR count). The monoisotopic (exact) mass is 215 g/mol. The first-order chi connectivity index (χ1) is 7.19. The Labute approximate surface area is 89.3 Å². The highest BCUT2D eigenvalue weighted by Gasteiger charge is 2.28. The van der Waals surface area contributed by atoms with E-state index in [2.05, 4.69) is 4.74 Å². The Morgan fingerprint density at radius 3 is 2.80 bits per heavy atom. The molecule has 15 heavy (non-hydrogen) atoms. The van der Waals surface area contributed by atoms with Gasteiger partial charge in [-0.05, 0) is 13.3 Å². The Hall–Kier alpha value is -1.10. The smallest absolute Gasteiger partial charge is 0.397 e. The summed E-state index contributed by atoms with van der Waals surface area (Å²) in [6.45, 7) is 5.33. The molecule has 1 saturated heterocycles. The maximum atomic E-state index is 11.5. The highest BCUT2D eigenvalue weighted by molar-refractivity contribution is 6.32. The molecule has 1 aliphatic heterocycles. The van der Waals surface area contributed by atoms with Gasteiger partial charge in [0.2, 0.25) is 0 Å². The lowest BCUT2D eigenvalue weighted by Crippen LogP contribution is -2.48. The number of rotatable bonds is 2. The largest absolute Gasteiger partial charge is 0.459 e. The van der Waals surface area contributed by atoms with Crippen LogP contribution >= 0.6 is 0 Å². The van der Waals surface area contributed by atoms with E-state index in [0.717, 1.165) is 6.42 Å². The van der Waals surface area contributed by atoms with E-state index in [0.29, 0.717) is 19.7 Å². The van der Waals surface area contributed by atoms with Crippen LogP contribution in [0.5, 0.6) is 0 Å². The molecular weight excluding hydrogens is 198 g/mol. The molecule has 1 atom stereocenters. The Kier molecular flexibility index (Phi) is 4.55. The molecule has 0 spiro atoms. The van der Waals surface area contributed by atoms with Crippen molar-refractivity contribution in [1.29, 1.82) is 0 Å². The fourth-order valence-corrected chi connectivity index (χ4v) is 1.47. The van der Waals surface area contributed by atoms with E-state index in [4.69, 9.17) is 4.74 Å². The second-order valence-electron chi connectivity index (χ2n) is 3.37. The average Bonchev–Trinajstić information content (AvgIpc) is 2.28. The van der Waals surface area contributed by atoms with Crippen molar-refractivity contribution in [2.45, 2.75) is 26.4 Å². The van der Waals surface area contributed by atoms with Crippen molar-refractivity contribution in [2.75, 3.05) is 26.3 Å². The quantitative estimate of drug-likeness (QED) is 0.487. The molecule has 5 nitrogen and oxygen atoms in total. The first-order valence-electron chi connectivity index (χ1n) is 5.26. The topological polar surface area (TPSA) is 55.8 Å². The molecule has 1 fully saturated rings. The van der Waals surface area contributed by atoms with Crippen molar-refractivity contribution < 1.29 is 19.1 Å². The van der Waals surface area contributed by atoms with Crippen LogP contribution in [0.15, 0.2) is 0 Å². The molecule has 1 aliphatic rings. The third-order valence-corrected chi connectivity index (χ3v) is 2.33. The molecule has 0 bridgehead atoms. The average molecular weight is 215 g/mol. The Morgan fingerprint density at radius 1 is 1.47 bits per heavy atom. The number of amides is 1. The summed E-state index contributed by atoms with van der Waals surface area (Å²) in [7, 11) is 0. The van der Waals surface area contributed by atoms with Crippen LogP contribution in [0.3, 0.4) is 0 Å². The number of hydrogen-bond acceptors (Lipinski definition) is 4. The molecule has 0 saturated carbocycles. The van der Waals surface area contributed by atoms with E-state index >= 15 is 0 Å². The molecule has 0 radical (unpaired) electrons. The molecule has 1 heterocycles. The number of ether oxygens (including phenoxy) is 2. The van der Waals surface area contributed by atoms with Crippen molar-refractivity contribution in [2.24, 2.45) is 0 Å². The Balaban J connectivity index is 2.48. The second kappa shape index (κ2) is 5.70. The van der Waals surface area contributed by atoms with Gasteiger partial charge < -0.3 is 14.4 Å². The van der Waals surface area contributed by atoms with Gasteiger partial charge >= 0.3 is 11.9 Å². The summed E-state index contributed by atoms with van der Waals surface area (Å²) in [4.78, 5) is 24.2. The van der Waals surface area contributed by atoms with Crippen molar-refractivity contribution in [3.63, 3.8) is 0 Å². The van der Waals surface area contributed by atoms with Gasteiger partial charge in [-0.2, -0.15) is 0 Å². The van der Waals surface area contributed by atoms with E-state index in [9.17, 15) is 9.59 Å². The third kappa shape index (κ3) is 3.20. The summed E-state index contributed by atoms with van der Waals surface area (Å²) in [5.41, 5.74) is 0. The molecule has 1 unspecified atom stereocenters. The molecule has 86 valence electrons. The lowest BCUT2D eigenvalue weighted by molar-refractivity contribution is -0.163. The van der Waals surface area contributed by atoms with Gasteiger partial charge in [-0.25, -0.2) is 4.79 Å². The van der Waals surface area contributed by atoms with E-state index in [-0.39, 0.29) is 12.7 Å². The fourth-order valence-electron chi connectivity index (χ4n) is 1.47. The summed E-state index contributed by atoms with van der Waals surface area (Å²) < 4.78 is 10.1. The normalized spacial score (nSPS) is 21.2. The van der Waals surface area contributed by atoms with Crippen LogP contribution in [0.1, 0.15) is 20.3 Å². The fraction of sp³-hybridized carbons (Fsp3) is 0.800. The summed E-state index contributed by atoms with van der Waals surface area (Å²) >= 11 is 0. The number of nitrogens with zero attached hydrogens (tertiary/aromatic N) is 1. The molecule has 0 aromatic carbocycles. The highest BCUT2D eigenvalue weighted by atomic mass is 16.5. The van der Waals surface area contributed by atoms with Gasteiger partial charge in [0.1, 0.15) is 0 Å². The maximum Gasteiger partial charge on any atom is 0.397 e. The van der Waals surface area contributed by atoms with Gasteiger partial charge in [-0.15, -0.1) is 0 Å². The standard InChI is InChI=1S/C10H17NO4/c1-3-8-7-11(5-6-15-8)9(12)10(13)14-4-2/h8H,3-7H2,1-2H3. The molecule has 0 N–H and O–H groups in total. The van der Waals surface area contributed by atoms with Crippen LogP contribution in [0, 0.1) is 0 Å². The molecule has 1 amide bonds. The van der Waals surface area contributed by atoms with Crippen LogP contribution in [0.4, 0.5) is 0 Å². The lowest BCUT2D eigenvalue weighted by atomic mass is 10.2. The number of carbonyl (C=O) groups is 2. The van der Waals surface area contributed by atoms with E-state index in [1.165, 1.54) is 4.90 Å². The molecular formula is C10H17NO4. The van der Waals surface area contributed by atoms with E-state index in [1.54, 1.807) is 6.92 Å². The van der Waals surface area contributed by atoms with Gasteiger partial charge in [-0.1, -0.05) is 6.92 Å². The SMILES string of the molecule is CCOC(=O)C(=O)N1CCOC(CC)C1. The van der Waals surface area contributed by atoms with Crippen molar-refractivity contribution in [3.05, 3.63) is 0 Å². The highest BCUT2D eigenvalue weighted by Crippen LogP contribution is 2.08. The van der Waals surface area contributed by atoms with E-state index < -0.39 is 11.9 Å². The van der Waals surface area contributed by atoms with Crippen LogP contribution in [-0.4, -0.2) is 49.2 Å². The number of carbonyl (C=O) groups excluding carboxylic acids is 2. The number of esters is 1. The molecule has 0 aromatic heterocycles. The first-order valence-corrected chi connectivity index (χ1v) is 5.26. The van der Waals surface area contributed by atoms with Gasteiger partial charge in [0, 0.05) is 13.1 Å².